The number of aryl methyl sites for hydroxylation is 2. The minimum atomic E-state index is -3.60. The van der Waals surface area contributed by atoms with Gasteiger partial charge in [0.05, 0.1) is 9.79 Å². The van der Waals surface area contributed by atoms with Crippen molar-refractivity contribution in [3.8, 4) is 0 Å². The summed E-state index contributed by atoms with van der Waals surface area (Å²) in [5, 5.41) is 6.81. The Kier molecular flexibility index (Phi) is 7.28. The van der Waals surface area contributed by atoms with E-state index >= 15 is 0 Å². The number of sulfone groups is 1. The van der Waals surface area contributed by atoms with Crippen LogP contribution in [0, 0.1) is 13.8 Å². The quantitative estimate of drug-likeness (QED) is 0.416. The fourth-order valence-corrected chi connectivity index (χ4v) is 7.49. The first-order valence-electron chi connectivity index (χ1n) is 13.5. The number of carbonyl (C=O) groups is 1. The summed E-state index contributed by atoms with van der Waals surface area (Å²) in [7, 11) is -3.60. The van der Waals surface area contributed by atoms with Gasteiger partial charge in [-0.15, -0.1) is 0 Å². The molecule has 1 amide bonds. The molecule has 3 N–H and O–H groups in total. The molecule has 196 valence electrons. The van der Waals surface area contributed by atoms with Gasteiger partial charge in [0.2, 0.25) is 9.84 Å². The second-order valence-electron chi connectivity index (χ2n) is 10.7. The molecule has 0 bridgehead atoms. The van der Waals surface area contributed by atoms with E-state index in [1.807, 2.05) is 26.0 Å². The Hall–Kier alpha value is -2.90. The molecule has 0 saturated heterocycles. The van der Waals surface area contributed by atoms with Crippen LogP contribution in [0.25, 0.3) is 0 Å². The van der Waals surface area contributed by atoms with Crippen LogP contribution in [-0.2, 0) is 28.3 Å². The highest BCUT2D eigenvalue weighted by Gasteiger charge is 2.37. The summed E-state index contributed by atoms with van der Waals surface area (Å²) in [6.07, 6.45) is 9.46. The van der Waals surface area contributed by atoms with Crippen LogP contribution >= 0.6 is 0 Å². The first kappa shape index (κ1) is 25.7. The third-order valence-corrected chi connectivity index (χ3v) is 9.94. The fourth-order valence-electron chi connectivity index (χ4n) is 6.01. The van der Waals surface area contributed by atoms with Crippen molar-refractivity contribution in [3.63, 3.8) is 0 Å². The zero-order chi connectivity index (χ0) is 26.0. The number of aromatic nitrogens is 1. The summed E-state index contributed by atoms with van der Waals surface area (Å²) in [4.78, 5) is 17.0. The van der Waals surface area contributed by atoms with Crippen molar-refractivity contribution in [1.82, 2.24) is 15.6 Å². The zero-order valence-corrected chi connectivity index (χ0v) is 22.6. The smallest absolute Gasteiger partial charge is 0.267 e. The molecule has 0 atom stereocenters. The van der Waals surface area contributed by atoms with Gasteiger partial charge in [-0.25, -0.2) is 8.42 Å². The maximum Gasteiger partial charge on any atom is 0.267 e. The van der Waals surface area contributed by atoms with Gasteiger partial charge in [-0.3, -0.25) is 4.79 Å². The summed E-state index contributed by atoms with van der Waals surface area (Å²) < 4.78 is 26.2. The van der Waals surface area contributed by atoms with Crippen molar-refractivity contribution < 1.29 is 13.2 Å². The summed E-state index contributed by atoms with van der Waals surface area (Å²) in [6.45, 7) is 5.03. The number of hydrogen-bond acceptors (Lipinski definition) is 4. The lowest BCUT2D eigenvalue weighted by molar-refractivity contribution is 0.0946. The van der Waals surface area contributed by atoms with Gasteiger partial charge >= 0.3 is 0 Å². The van der Waals surface area contributed by atoms with Crippen molar-refractivity contribution in [3.05, 3.63) is 82.2 Å². The predicted octanol–water partition coefficient (Wildman–Crippen LogP) is 5.48. The molecule has 1 aliphatic carbocycles. The van der Waals surface area contributed by atoms with E-state index in [1.165, 1.54) is 43.4 Å². The van der Waals surface area contributed by atoms with Crippen LogP contribution in [-0.4, -0.2) is 25.9 Å². The van der Waals surface area contributed by atoms with Crippen LogP contribution in [0.15, 0.2) is 58.3 Å². The number of carbonyl (C=O) groups excluding carboxylic acids is 1. The molecule has 37 heavy (non-hydrogen) atoms. The normalized spacial score (nSPS) is 17.6. The van der Waals surface area contributed by atoms with E-state index in [0.29, 0.717) is 17.1 Å². The lowest BCUT2D eigenvalue weighted by Gasteiger charge is -2.40. The number of aromatic amines is 1. The third kappa shape index (κ3) is 5.25. The van der Waals surface area contributed by atoms with Crippen molar-refractivity contribution >= 4 is 15.7 Å². The Bertz CT molecular complexity index is 1380. The maximum atomic E-state index is 13.1. The molecule has 3 aromatic rings. The van der Waals surface area contributed by atoms with E-state index in [0.717, 1.165) is 42.5 Å². The Labute approximate surface area is 220 Å². The molecule has 1 aromatic heterocycles. The number of nitrogens with one attached hydrogen (secondary N) is 3. The topological polar surface area (TPSA) is 91.1 Å². The Balaban J connectivity index is 1.27. The fraction of sp³-hybridized carbons (Fsp3) is 0.433. The van der Waals surface area contributed by atoms with Gasteiger partial charge in [0.25, 0.3) is 5.91 Å². The van der Waals surface area contributed by atoms with E-state index in [2.05, 4.69) is 21.7 Å². The van der Waals surface area contributed by atoms with Crippen LogP contribution in [0.3, 0.4) is 0 Å². The first-order valence-corrected chi connectivity index (χ1v) is 14.9. The maximum absolute atomic E-state index is 13.1. The number of rotatable bonds is 5. The average molecular weight is 520 g/mol. The minimum Gasteiger partial charge on any atom is -0.354 e. The van der Waals surface area contributed by atoms with E-state index in [9.17, 15) is 13.2 Å². The summed E-state index contributed by atoms with van der Waals surface area (Å²) >= 11 is 0. The molecular formula is C30H37N3O3S. The van der Waals surface area contributed by atoms with Crippen molar-refractivity contribution in [1.29, 1.82) is 0 Å². The third-order valence-electron chi connectivity index (χ3n) is 8.01. The van der Waals surface area contributed by atoms with Gasteiger partial charge in [-0.2, -0.15) is 0 Å². The SMILES string of the molecule is Cc1ccc(S(=O)(=O)c2ccc(CNC(=O)c3cc4c([nH]3)CCNC43CCCCCCC3)cc2)c(C)c1. The average Bonchev–Trinajstić information content (AvgIpc) is 3.31. The van der Waals surface area contributed by atoms with Crippen LogP contribution in [0.5, 0.6) is 0 Å². The molecule has 1 fully saturated rings. The molecule has 1 saturated carbocycles. The Morgan fingerprint density at radius 2 is 1.65 bits per heavy atom. The highest BCUT2D eigenvalue weighted by Crippen LogP contribution is 2.39. The van der Waals surface area contributed by atoms with Gasteiger partial charge in [0, 0.05) is 30.7 Å². The molecule has 0 radical (unpaired) electrons. The van der Waals surface area contributed by atoms with Crippen LogP contribution in [0.4, 0.5) is 0 Å². The number of hydrogen-bond donors (Lipinski definition) is 3. The second-order valence-corrected chi connectivity index (χ2v) is 12.6. The molecule has 1 aliphatic heterocycles. The Morgan fingerprint density at radius 3 is 2.35 bits per heavy atom. The van der Waals surface area contributed by atoms with Crippen LogP contribution in [0.1, 0.15) is 83.4 Å². The highest BCUT2D eigenvalue weighted by atomic mass is 32.2. The molecular weight excluding hydrogens is 482 g/mol. The van der Waals surface area contributed by atoms with Gasteiger partial charge in [-0.05, 0) is 67.6 Å². The van der Waals surface area contributed by atoms with Crippen LogP contribution < -0.4 is 10.6 Å². The van der Waals surface area contributed by atoms with Crippen molar-refractivity contribution in [2.24, 2.45) is 0 Å². The molecule has 1 spiro atoms. The predicted molar refractivity (Wildman–Crippen MR) is 145 cm³/mol. The summed E-state index contributed by atoms with van der Waals surface area (Å²) in [5.74, 6) is -0.137. The van der Waals surface area contributed by atoms with Gasteiger partial charge in [-0.1, -0.05) is 61.9 Å². The van der Waals surface area contributed by atoms with E-state index < -0.39 is 9.84 Å². The van der Waals surface area contributed by atoms with E-state index in [1.54, 1.807) is 30.3 Å². The molecule has 7 heteroatoms. The molecule has 0 unspecified atom stereocenters. The lowest BCUT2D eigenvalue weighted by atomic mass is 9.76. The largest absolute Gasteiger partial charge is 0.354 e. The van der Waals surface area contributed by atoms with Crippen LogP contribution in [0.2, 0.25) is 0 Å². The molecule has 6 nitrogen and oxygen atoms in total. The number of amides is 1. The minimum absolute atomic E-state index is 0.0137. The summed E-state index contributed by atoms with van der Waals surface area (Å²) in [5.41, 5.74) is 5.66. The summed E-state index contributed by atoms with van der Waals surface area (Å²) in [6, 6.07) is 14.2. The van der Waals surface area contributed by atoms with Gasteiger partial charge in [0.1, 0.15) is 5.69 Å². The standard InChI is InChI=1S/C30H37N3O3S/c1-21-8-13-28(22(2)18-21)37(35,36)24-11-9-23(10-12-24)20-31-29(34)27-19-25-26(33-27)14-17-32-30(25)15-6-4-3-5-7-16-30/h8-13,18-19,32-33H,3-7,14-17,20H2,1-2H3,(H,31,34). The molecule has 2 aromatic carbocycles. The number of fused-ring (bicyclic) bond motifs is 2. The van der Waals surface area contributed by atoms with Gasteiger partial charge in [0.15, 0.2) is 0 Å². The van der Waals surface area contributed by atoms with E-state index in [4.69, 9.17) is 0 Å². The Morgan fingerprint density at radius 1 is 0.946 bits per heavy atom. The van der Waals surface area contributed by atoms with E-state index in [-0.39, 0.29) is 16.3 Å². The second kappa shape index (κ2) is 10.5. The monoisotopic (exact) mass is 519 g/mol. The molecule has 5 rings (SSSR count). The first-order chi connectivity index (χ1) is 17.8. The highest BCUT2D eigenvalue weighted by molar-refractivity contribution is 7.91. The number of H-pyrrole nitrogens is 1. The van der Waals surface area contributed by atoms with Crippen molar-refractivity contribution in [2.45, 2.75) is 87.1 Å². The van der Waals surface area contributed by atoms with Crippen molar-refractivity contribution in [2.75, 3.05) is 6.54 Å². The molecule has 2 aliphatic rings. The van der Waals surface area contributed by atoms with Gasteiger partial charge < -0.3 is 15.6 Å². The molecule has 2 heterocycles. The zero-order valence-electron chi connectivity index (χ0n) is 21.8. The lowest BCUT2D eigenvalue weighted by Crippen LogP contribution is -2.47. The number of benzene rings is 2.